The van der Waals surface area contributed by atoms with E-state index in [2.05, 4.69) is 31.5 Å². The maximum absolute atomic E-state index is 12.7. The van der Waals surface area contributed by atoms with E-state index in [1.54, 1.807) is 42.5 Å². The van der Waals surface area contributed by atoms with E-state index < -0.39 is 0 Å². The zero-order valence-electron chi connectivity index (χ0n) is 20.2. The molecule has 2 N–H and O–H groups in total. The third-order valence-electron chi connectivity index (χ3n) is 5.87. The van der Waals surface area contributed by atoms with E-state index in [0.717, 1.165) is 24.5 Å². The number of piperazine rings is 1. The molecule has 3 aromatic rings. The van der Waals surface area contributed by atoms with E-state index >= 15 is 0 Å². The van der Waals surface area contributed by atoms with Gasteiger partial charge in [0.2, 0.25) is 0 Å². The van der Waals surface area contributed by atoms with Crippen LogP contribution in [0.5, 0.6) is 5.75 Å². The highest BCUT2D eigenvalue weighted by Gasteiger charge is 2.22. The second-order valence-electron chi connectivity index (χ2n) is 8.32. The second-order valence-corrected chi connectivity index (χ2v) is 10.0. The summed E-state index contributed by atoms with van der Waals surface area (Å²) in [4.78, 5) is 29.4. The number of amides is 2. The lowest BCUT2D eigenvalue weighted by atomic mass is 10.1. The molecule has 7 nitrogen and oxygen atoms in total. The van der Waals surface area contributed by atoms with Crippen molar-refractivity contribution in [2.24, 2.45) is 0 Å². The number of nitrogens with zero attached hydrogens (tertiary/aromatic N) is 2. The van der Waals surface area contributed by atoms with Gasteiger partial charge in [-0.15, -0.1) is 0 Å². The monoisotopic (exact) mass is 600 g/mol. The SMILES string of the molecule is CCOc1ccc(C(=O)NC(=S)Nc2ccc(N3CCN(C(=O)c4ccc(Cl)cc4)CC3)cc2)cc1Br. The third kappa shape index (κ3) is 7.00. The molecule has 0 aliphatic carbocycles. The number of anilines is 2. The Kier molecular flexibility index (Phi) is 9.02. The minimum absolute atomic E-state index is 0.0176. The number of carbonyl (C=O) groups excluding carboxylic acids is 2. The maximum atomic E-state index is 12.7. The largest absolute Gasteiger partial charge is 0.493 e. The van der Waals surface area contributed by atoms with Crippen molar-refractivity contribution >= 4 is 68.1 Å². The van der Waals surface area contributed by atoms with E-state index in [9.17, 15) is 9.59 Å². The van der Waals surface area contributed by atoms with Crippen LogP contribution in [0.4, 0.5) is 11.4 Å². The van der Waals surface area contributed by atoms with Crippen LogP contribution in [0.25, 0.3) is 0 Å². The number of halogens is 2. The van der Waals surface area contributed by atoms with Gasteiger partial charge in [-0.2, -0.15) is 0 Å². The molecule has 0 aromatic heterocycles. The Morgan fingerprint density at radius 2 is 1.62 bits per heavy atom. The predicted octanol–water partition coefficient (Wildman–Crippen LogP) is 5.59. The molecule has 4 rings (SSSR count). The van der Waals surface area contributed by atoms with E-state index in [1.165, 1.54) is 0 Å². The van der Waals surface area contributed by atoms with Gasteiger partial charge in [-0.3, -0.25) is 14.9 Å². The summed E-state index contributed by atoms with van der Waals surface area (Å²) < 4.78 is 6.18. The summed E-state index contributed by atoms with van der Waals surface area (Å²) in [7, 11) is 0. The van der Waals surface area contributed by atoms with Crippen molar-refractivity contribution in [3.63, 3.8) is 0 Å². The number of hydrogen-bond donors (Lipinski definition) is 2. The van der Waals surface area contributed by atoms with Gasteiger partial charge in [0, 0.05) is 53.7 Å². The minimum Gasteiger partial charge on any atom is -0.493 e. The molecule has 0 bridgehead atoms. The molecule has 1 saturated heterocycles. The number of benzene rings is 3. The number of ether oxygens (including phenoxy) is 1. The van der Waals surface area contributed by atoms with Gasteiger partial charge in [0.25, 0.3) is 11.8 Å². The zero-order valence-corrected chi connectivity index (χ0v) is 23.3. The summed E-state index contributed by atoms with van der Waals surface area (Å²) in [6.07, 6.45) is 0. The molecule has 10 heteroatoms. The zero-order chi connectivity index (χ0) is 26.4. The number of rotatable bonds is 6. The van der Waals surface area contributed by atoms with E-state index in [0.29, 0.717) is 46.1 Å². The summed E-state index contributed by atoms with van der Waals surface area (Å²) in [5.41, 5.74) is 2.92. The van der Waals surface area contributed by atoms with Gasteiger partial charge in [0.05, 0.1) is 11.1 Å². The summed E-state index contributed by atoms with van der Waals surface area (Å²) in [5, 5.41) is 6.56. The molecule has 37 heavy (non-hydrogen) atoms. The second kappa shape index (κ2) is 12.4. The summed E-state index contributed by atoms with van der Waals surface area (Å²) >= 11 is 14.7. The molecule has 3 aromatic carbocycles. The number of thiocarbonyl (C=S) groups is 1. The molecule has 1 fully saturated rings. The van der Waals surface area contributed by atoms with E-state index in [4.69, 9.17) is 28.6 Å². The van der Waals surface area contributed by atoms with Gasteiger partial charge in [-0.25, -0.2) is 0 Å². The molecular formula is C27H26BrClN4O3S. The highest BCUT2D eigenvalue weighted by Crippen LogP contribution is 2.26. The average Bonchev–Trinajstić information content (AvgIpc) is 2.90. The van der Waals surface area contributed by atoms with Gasteiger partial charge in [-0.05, 0) is 102 Å². The van der Waals surface area contributed by atoms with Crippen LogP contribution in [-0.2, 0) is 0 Å². The molecule has 0 atom stereocenters. The highest BCUT2D eigenvalue weighted by atomic mass is 79.9. The van der Waals surface area contributed by atoms with Crippen molar-refractivity contribution < 1.29 is 14.3 Å². The Bertz CT molecular complexity index is 1280. The van der Waals surface area contributed by atoms with Gasteiger partial charge >= 0.3 is 0 Å². The van der Waals surface area contributed by atoms with Crippen molar-refractivity contribution in [2.75, 3.05) is 43.0 Å². The minimum atomic E-state index is -0.316. The van der Waals surface area contributed by atoms with Gasteiger partial charge < -0.3 is 19.9 Å². The van der Waals surface area contributed by atoms with Crippen LogP contribution < -0.4 is 20.3 Å². The molecular weight excluding hydrogens is 576 g/mol. The van der Waals surface area contributed by atoms with Crippen molar-refractivity contribution in [1.29, 1.82) is 0 Å². The van der Waals surface area contributed by atoms with Crippen molar-refractivity contribution in [3.8, 4) is 5.75 Å². The Labute approximate surface area is 234 Å². The lowest BCUT2D eigenvalue weighted by Gasteiger charge is -2.36. The fourth-order valence-electron chi connectivity index (χ4n) is 3.95. The fraction of sp³-hybridized carbons (Fsp3) is 0.222. The molecule has 0 unspecified atom stereocenters. The van der Waals surface area contributed by atoms with E-state index in [1.807, 2.05) is 36.1 Å². The normalized spacial score (nSPS) is 13.2. The van der Waals surface area contributed by atoms with Crippen LogP contribution in [-0.4, -0.2) is 54.6 Å². The standard InChI is InChI=1S/C27H26BrClN4O3S/c1-2-36-24-12-5-19(17-23(24)28)25(34)31-27(37)30-21-8-10-22(11-9-21)32-13-15-33(16-14-32)26(35)18-3-6-20(29)7-4-18/h3-12,17H,2,13-16H2,1H3,(H2,30,31,34,37). The number of hydrogen-bond acceptors (Lipinski definition) is 5. The summed E-state index contributed by atoms with van der Waals surface area (Å²) in [6, 6.07) is 19.9. The first-order valence-electron chi connectivity index (χ1n) is 11.8. The van der Waals surface area contributed by atoms with Crippen molar-refractivity contribution in [1.82, 2.24) is 10.2 Å². The molecule has 0 radical (unpaired) electrons. The Morgan fingerprint density at radius 1 is 0.973 bits per heavy atom. The number of nitrogens with one attached hydrogen (secondary N) is 2. The van der Waals surface area contributed by atoms with Crippen LogP contribution in [0.3, 0.4) is 0 Å². The smallest absolute Gasteiger partial charge is 0.257 e. The first-order valence-corrected chi connectivity index (χ1v) is 13.4. The maximum Gasteiger partial charge on any atom is 0.257 e. The molecule has 192 valence electrons. The molecule has 1 aliphatic rings. The summed E-state index contributed by atoms with van der Waals surface area (Å²) in [5.74, 6) is 0.377. The number of carbonyl (C=O) groups is 2. The third-order valence-corrected chi connectivity index (χ3v) is 6.95. The average molecular weight is 602 g/mol. The van der Waals surface area contributed by atoms with E-state index in [-0.39, 0.29) is 16.9 Å². The van der Waals surface area contributed by atoms with Crippen molar-refractivity contribution in [2.45, 2.75) is 6.92 Å². The van der Waals surface area contributed by atoms with Crippen LogP contribution >= 0.6 is 39.7 Å². The lowest BCUT2D eigenvalue weighted by molar-refractivity contribution is 0.0746. The Balaban J connectivity index is 1.27. The topological polar surface area (TPSA) is 73.9 Å². The van der Waals surface area contributed by atoms with Crippen LogP contribution in [0.15, 0.2) is 71.2 Å². The summed E-state index contributed by atoms with van der Waals surface area (Å²) in [6.45, 7) is 5.18. The Morgan fingerprint density at radius 3 is 2.24 bits per heavy atom. The first kappa shape index (κ1) is 26.9. The van der Waals surface area contributed by atoms with Crippen LogP contribution in [0.1, 0.15) is 27.6 Å². The van der Waals surface area contributed by atoms with Crippen LogP contribution in [0.2, 0.25) is 5.02 Å². The van der Waals surface area contributed by atoms with Crippen molar-refractivity contribution in [3.05, 3.63) is 87.4 Å². The highest BCUT2D eigenvalue weighted by molar-refractivity contribution is 9.10. The molecule has 0 saturated carbocycles. The van der Waals surface area contributed by atoms with Gasteiger partial charge in [0.1, 0.15) is 5.75 Å². The molecule has 2 amide bonds. The Hall–Kier alpha value is -3.14. The van der Waals surface area contributed by atoms with Crippen LogP contribution in [0, 0.1) is 0 Å². The molecule has 1 aliphatic heterocycles. The van der Waals surface area contributed by atoms with Gasteiger partial charge in [0.15, 0.2) is 5.11 Å². The molecule has 0 spiro atoms. The first-order chi connectivity index (χ1) is 17.8. The van der Waals surface area contributed by atoms with Gasteiger partial charge in [-0.1, -0.05) is 11.6 Å². The molecule has 1 heterocycles. The fourth-order valence-corrected chi connectivity index (χ4v) is 4.78. The lowest BCUT2D eigenvalue weighted by Crippen LogP contribution is -2.48. The quantitative estimate of drug-likeness (QED) is 0.359. The predicted molar refractivity (Wildman–Crippen MR) is 155 cm³/mol.